The first-order valence-electron chi connectivity index (χ1n) is 5.66. The average Bonchev–Trinajstić information content (AvgIpc) is 2.39. The van der Waals surface area contributed by atoms with E-state index in [0.717, 1.165) is 0 Å². The molecule has 0 unspecified atom stereocenters. The lowest BCUT2D eigenvalue weighted by Gasteiger charge is -2.09. The van der Waals surface area contributed by atoms with Crippen molar-refractivity contribution in [3.8, 4) is 0 Å². The molecule has 2 aromatic rings. The molecule has 0 bridgehead atoms. The summed E-state index contributed by atoms with van der Waals surface area (Å²) in [4.78, 5) is 27.7. The molecule has 2 heterocycles. The van der Waals surface area contributed by atoms with Crippen molar-refractivity contribution in [2.24, 2.45) is 0 Å². The second-order valence-electron chi connectivity index (χ2n) is 4.14. The third-order valence-electron chi connectivity index (χ3n) is 2.75. The molecule has 7 heteroatoms. The molecule has 0 fully saturated rings. The summed E-state index contributed by atoms with van der Waals surface area (Å²) in [5.74, 6) is 0. The maximum atomic E-state index is 12.0. The minimum Gasteiger partial charge on any atom is -0.398 e. The van der Waals surface area contributed by atoms with Crippen molar-refractivity contribution in [3.63, 3.8) is 0 Å². The van der Waals surface area contributed by atoms with Crippen LogP contribution in [0.25, 0.3) is 0 Å². The van der Waals surface area contributed by atoms with Gasteiger partial charge in [-0.1, -0.05) is 0 Å². The zero-order chi connectivity index (χ0) is 14.0. The predicted octanol–water partition coefficient (Wildman–Crippen LogP) is 0.600. The number of hydrogen-bond donors (Lipinski definition) is 1. The molecule has 2 aromatic heterocycles. The van der Waals surface area contributed by atoms with Crippen LogP contribution in [-0.2, 0) is 13.1 Å². The Bertz CT molecular complexity index is 720. The summed E-state index contributed by atoms with van der Waals surface area (Å²) in [6.45, 7) is 2.55. The van der Waals surface area contributed by atoms with Crippen LogP contribution in [0.2, 0.25) is 0 Å². The number of nitrogens with two attached hydrogens (primary N) is 1. The molecular formula is C12H13IN4O2. The van der Waals surface area contributed by atoms with Crippen LogP contribution in [0.4, 0.5) is 5.69 Å². The van der Waals surface area contributed by atoms with Crippen LogP contribution < -0.4 is 16.9 Å². The van der Waals surface area contributed by atoms with Crippen molar-refractivity contribution in [2.45, 2.75) is 20.0 Å². The van der Waals surface area contributed by atoms with Crippen LogP contribution in [0.15, 0.2) is 34.2 Å². The zero-order valence-corrected chi connectivity index (χ0v) is 12.5. The predicted molar refractivity (Wildman–Crippen MR) is 81.1 cm³/mol. The van der Waals surface area contributed by atoms with Gasteiger partial charge in [0.05, 0.1) is 15.6 Å². The maximum Gasteiger partial charge on any atom is 0.267 e. The van der Waals surface area contributed by atoms with E-state index >= 15 is 0 Å². The first-order valence-corrected chi connectivity index (χ1v) is 6.74. The van der Waals surface area contributed by atoms with Crippen molar-refractivity contribution in [3.05, 3.63) is 54.6 Å². The van der Waals surface area contributed by atoms with Gasteiger partial charge in [-0.15, -0.1) is 0 Å². The highest BCUT2D eigenvalue weighted by molar-refractivity contribution is 14.1. The van der Waals surface area contributed by atoms with Crippen molar-refractivity contribution in [1.29, 1.82) is 0 Å². The lowest BCUT2D eigenvalue weighted by atomic mass is 10.4. The second kappa shape index (κ2) is 5.55. The topological polar surface area (TPSA) is 82.9 Å². The Hall–Kier alpha value is -1.64. The van der Waals surface area contributed by atoms with Gasteiger partial charge in [-0.05, 0) is 35.6 Å². The normalized spacial score (nSPS) is 10.6. The van der Waals surface area contributed by atoms with Crippen LogP contribution in [0.5, 0.6) is 0 Å². The quantitative estimate of drug-likeness (QED) is 0.800. The van der Waals surface area contributed by atoms with E-state index < -0.39 is 0 Å². The molecule has 0 saturated heterocycles. The highest BCUT2D eigenvalue weighted by Crippen LogP contribution is 2.01. The highest BCUT2D eigenvalue weighted by Gasteiger charge is 2.05. The Morgan fingerprint density at radius 3 is 2.68 bits per heavy atom. The fourth-order valence-electron chi connectivity index (χ4n) is 1.65. The fourth-order valence-corrected chi connectivity index (χ4v) is 2.09. The fraction of sp³-hybridized carbons (Fsp3) is 0.250. The number of nitrogen functional groups attached to an aromatic ring is 1. The monoisotopic (exact) mass is 372 g/mol. The summed E-state index contributed by atoms with van der Waals surface area (Å²) in [6, 6.07) is 2.97. The standard InChI is InChI=1S/C12H13IN4O2/c1-8-11(13)12(19)17(7-15-8)5-4-16-6-9(14)2-3-10(16)18/h2-3,6-7H,4-5,14H2,1H3. The molecular weight excluding hydrogens is 359 g/mol. The van der Waals surface area contributed by atoms with Crippen LogP contribution in [0, 0.1) is 10.5 Å². The highest BCUT2D eigenvalue weighted by atomic mass is 127. The first-order chi connectivity index (χ1) is 8.99. The van der Waals surface area contributed by atoms with Gasteiger partial charge >= 0.3 is 0 Å². The lowest BCUT2D eigenvalue weighted by molar-refractivity contribution is 0.544. The van der Waals surface area contributed by atoms with E-state index in [0.29, 0.717) is 28.0 Å². The molecule has 0 radical (unpaired) electrons. The number of aromatic nitrogens is 3. The molecule has 0 aliphatic heterocycles. The smallest absolute Gasteiger partial charge is 0.267 e. The van der Waals surface area contributed by atoms with Gasteiger partial charge in [-0.3, -0.25) is 14.2 Å². The Balaban J connectivity index is 2.24. The summed E-state index contributed by atoms with van der Waals surface area (Å²) in [5.41, 5.74) is 6.62. The third-order valence-corrected chi connectivity index (χ3v) is 3.99. The molecule has 19 heavy (non-hydrogen) atoms. The minimum atomic E-state index is -0.142. The molecule has 0 atom stereocenters. The summed E-state index contributed by atoms with van der Waals surface area (Å²) >= 11 is 1.98. The number of anilines is 1. The van der Waals surface area contributed by atoms with Crippen LogP contribution in [0.3, 0.4) is 0 Å². The molecule has 0 aromatic carbocycles. The summed E-state index contributed by atoms with van der Waals surface area (Å²) < 4.78 is 3.57. The van der Waals surface area contributed by atoms with Gasteiger partial charge in [0.25, 0.3) is 11.1 Å². The van der Waals surface area contributed by atoms with Crippen LogP contribution in [-0.4, -0.2) is 14.1 Å². The van der Waals surface area contributed by atoms with Gasteiger partial charge in [-0.25, -0.2) is 4.98 Å². The molecule has 2 N–H and O–H groups in total. The van der Waals surface area contributed by atoms with Gasteiger partial charge in [0.15, 0.2) is 0 Å². The van der Waals surface area contributed by atoms with Gasteiger partial charge in [0.1, 0.15) is 0 Å². The third kappa shape index (κ3) is 3.03. The Morgan fingerprint density at radius 2 is 1.95 bits per heavy atom. The lowest BCUT2D eigenvalue weighted by Crippen LogP contribution is -2.28. The van der Waals surface area contributed by atoms with E-state index in [1.807, 2.05) is 22.6 Å². The van der Waals surface area contributed by atoms with Crippen LogP contribution >= 0.6 is 22.6 Å². The number of nitrogens with zero attached hydrogens (tertiary/aromatic N) is 3. The number of pyridine rings is 1. The van der Waals surface area contributed by atoms with E-state index in [2.05, 4.69) is 4.98 Å². The van der Waals surface area contributed by atoms with Gasteiger partial charge in [-0.2, -0.15) is 0 Å². The zero-order valence-electron chi connectivity index (χ0n) is 10.3. The number of rotatable bonds is 3. The van der Waals surface area contributed by atoms with E-state index in [9.17, 15) is 9.59 Å². The number of hydrogen-bond acceptors (Lipinski definition) is 4. The molecule has 0 aliphatic rings. The Kier molecular flexibility index (Phi) is 4.03. The van der Waals surface area contributed by atoms with Crippen LogP contribution in [0.1, 0.15) is 5.69 Å². The Morgan fingerprint density at radius 1 is 1.26 bits per heavy atom. The molecule has 0 aliphatic carbocycles. The second-order valence-corrected chi connectivity index (χ2v) is 5.22. The molecule has 0 spiro atoms. The van der Waals surface area contributed by atoms with Gasteiger partial charge in [0.2, 0.25) is 0 Å². The summed E-state index contributed by atoms with van der Waals surface area (Å²) in [5, 5.41) is 0. The number of aryl methyl sites for hydroxylation is 3. The first kappa shape index (κ1) is 13.8. The van der Waals surface area contributed by atoms with Crippen molar-refractivity contribution in [2.75, 3.05) is 5.73 Å². The molecule has 2 rings (SSSR count). The SMILES string of the molecule is Cc1ncn(CCn2cc(N)ccc2=O)c(=O)c1I. The largest absolute Gasteiger partial charge is 0.398 e. The van der Waals surface area contributed by atoms with Crippen molar-refractivity contribution in [1.82, 2.24) is 14.1 Å². The summed E-state index contributed by atoms with van der Waals surface area (Å²) in [6.07, 6.45) is 3.07. The molecule has 100 valence electrons. The minimum absolute atomic E-state index is 0.0925. The molecule has 0 saturated carbocycles. The van der Waals surface area contributed by atoms with E-state index in [-0.39, 0.29) is 11.1 Å². The Labute approximate surface area is 123 Å². The van der Waals surface area contributed by atoms with Crippen molar-refractivity contribution >= 4 is 28.3 Å². The van der Waals surface area contributed by atoms with Gasteiger partial charge in [0, 0.05) is 31.0 Å². The van der Waals surface area contributed by atoms with Crippen molar-refractivity contribution < 1.29 is 0 Å². The average molecular weight is 372 g/mol. The van der Waals surface area contributed by atoms with E-state index in [4.69, 9.17) is 5.73 Å². The maximum absolute atomic E-state index is 12.0. The van der Waals surface area contributed by atoms with Gasteiger partial charge < -0.3 is 10.3 Å². The summed E-state index contributed by atoms with van der Waals surface area (Å²) in [7, 11) is 0. The molecule has 6 nitrogen and oxygen atoms in total. The van der Waals surface area contributed by atoms with E-state index in [1.165, 1.54) is 21.5 Å². The van der Waals surface area contributed by atoms with E-state index in [1.54, 1.807) is 19.2 Å². The number of halogens is 1. The molecule has 0 amide bonds.